The monoisotopic (exact) mass is 397 g/mol. The number of carbonyl (C=O) groups excluding carboxylic acids is 2. The van der Waals surface area contributed by atoms with Crippen molar-refractivity contribution in [1.82, 2.24) is 4.98 Å². The average molecular weight is 397 g/mol. The molecule has 3 rings (SSSR count). The van der Waals surface area contributed by atoms with Crippen molar-refractivity contribution >= 4 is 34.0 Å². The molecule has 0 aliphatic carbocycles. The topological polar surface area (TPSA) is 89.6 Å². The second kappa shape index (κ2) is 8.53. The van der Waals surface area contributed by atoms with Gasteiger partial charge in [-0.25, -0.2) is 4.98 Å². The van der Waals surface area contributed by atoms with Crippen LogP contribution in [0.25, 0.3) is 0 Å². The summed E-state index contributed by atoms with van der Waals surface area (Å²) < 4.78 is 10.2. The molecule has 0 aliphatic heterocycles. The Balaban J connectivity index is 1.71. The lowest BCUT2D eigenvalue weighted by Crippen LogP contribution is -2.11. The number of hydrogen-bond acceptors (Lipinski definition) is 6. The summed E-state index contributed by atoms with van der Waals surface area (Å²) >= 11 is 1.12. The predicted molar refractivity (Wildman–Crippen MR) is 109 cm³/mol. The van der Waals surface area contributed by atoms with Gasteiger partial charge >= 0.3 is 0 Å². The number of ether oxygens (including phenoxy) is 2. The lowest BCUT2D eigenvalue weighted by atomic mass is 10.2. The molecule has 28 heavy (non-hydrogen) atoms. The van der Waals surface area contributed by atoms with Crippen LogP contribution in [-0.4, -0.2) is 31.0 Å². The van der Waals surface area contributed by atoms with E-state index >= 15 is 0 Å². The summed E-state index contributed by atoms with van der Waals surface area (Å²) in [5.74, 6) is 0.675. The van der Waals surface area contributed by atoms with E-state index in [1.807, 2.05) is 0 Å². The molecule has 0 fully saturated rings. The summed E-state index contributed by atoms with van der Waals surface area (Å²) in [7, 11) is 3.12. The average Bonchev–Trinajstić information content (AvgIpc) is 3.08. The van der Waals surface area contributed by atoms with E-state index in [1.54, 1.807) is 62.6 Å². The fourth-order valence-electron chi connectivity index (χ4n) is 2.46. The van der Waals surface area contributed by atoms with Crippen LogP contribution in [0.15, 0.2) is 48.5 Å². The lowest BCUT2D eigenvalue weighted by molar-refractivity contribution is 0.102. The molecule has 0 saturated carbocycles. The SMILES string of the molecule is COc1ccc(NC(=O)c2sc(NC(=O)c3cccc(OC)c3)nc2C)cc1. The Hall–Kier alpha value is -3.39. The number of amides is 2. The fourth-order valence-corrected chi connectivity index (χ4v) is 3.31. The molecule has 2 amide bonds. The number of nitrogens with one attached hydrogen (secondary N) is 2. The van der Waals surface area contributed by atoms with Gasteiger partial charge in [0.15, 0.2) is 5.13 Å². The number of benzene rings is 2. The smallest absolute Gasteiger partial charge is 0.267 e. The Morgan fingerprint density at radius 1 is 0.929 bits per heavy atom. The number of nitrogens with zero attached hydrogens (tertiary/aromatic N) is 1. The maximum absolute atomic E-state index is 12.5. The van der Waals surface area contributed by atoms with Crippen LogP contribution in [0.3, 0.4) is 0 Å². The first-order chi connectivity index (χ1) is 13.5. The second-order valence-electron chi connectivity index (χ2n) is 5.80. The van der Waals surface area contributed by atoms with E-state index in [-0.39, 0.29) is 11.8 Å². The molecule has 3 aromatic rings. The Kier molecular flexibility index (Phi) is 5.90. The molecular weight excluding hydrogens is 378 g/mol. The molecule has 144 valence electrons. The van der Waals surface area contributed by atoms with Gasteiger partial charge in [0.2, 0.25) is 0 Å². The number of thiazole rings is 1. The first-order valence-corrected chi connectivity index (χ1v) is 9.20. The van der Waals surface area contributed by atoms with Crippen molar-refractivity contribution in [2.24, 2.45) is 0 Å². The molecule has 2 N–H and O–H groups in total. The third-order valence-electron chi connectivity index (χ3n) is 3.90. The number of methoxy groups -OCH3 is 2. The molecule has 0 unspecified atom stereocenters. The minimum atomic E-state index is -0.324. The van der Waals surface area contributed by atoms with Crippen LogP contribution in [0.1, 0.15) is 25.7 Å². The van der Waals surface area contributed by atoms with E-state index in [9.17, 15) is 9.59 Å². The molecule has 1 heterocycles. The Labute approximate surface area is 166 Å². The molecule has 0 spiro atoms. The maximum atomic E-state index is 12.5. The first-order valence-electron chi connectivity index (χ1n) is 8.38. The van der Waals surface area contributed by atoms with Gasteiger partial charge in [0.05, 0.1) is 19.9 Å². The molecule has 0 aliphatic rings. The van der Waals surface area contributed by atoms with Crippen LogP contribution in [0.2, 0.25) is 0 Å². The summed E-state index contributed by atoms with van der Waals surface area (Å²) in [6.07, 6.45) is 0. The molecule has 0 bridgehead atoms. The quantitative estimate of drug-likeness (QED) is 0.657. The number of hydrogen-bond donors (Lipinski definition) is 2. The van der Waals surface area contributed by atoms with Crippen LogP contribution in [0, 0.1) is 6.92 Å². The Morgan fingerprint density at radius 2 is 1.64 bits per heavy atom. The third kappa shape index (κ3) is 4.47. The highest BCUT2D eigenvalue weighted by atomic mass is 32.1. The minimum Gasteiger partial charge on any atom is -0.497 e. The zero-order chi connectivity index (χ0) is 20.1. The number of aryl methyl sites for hydroxylation is 1. The molecule has 7 nitrogen and oxygen atoms in total. The highest BCUT2D eigenvalue weighted by Crippen LogP contribution is 2.25. The van der Waals surface area contributed by atoms with Gasteiger partial charge in [-0.05, 0) is 49.4 Å². The first kappa shape index (κ1) is 19.4. The predicted octanol–water partition coefficient (Wildman–Crippen LogP) is 3.97. The van der Waals surface area contributed by atoms with Crippen molar-refractivity contribution in [3.8, 4) is 11.5 Å². The zero-order valence-electron chi connectivity index (χ0n) is 15.6. The molecule has 0 saturated heterocycles. The van der Waals surface area contributed by atoms with Crippen molar-refractivity contribution in [2.45, 2.75) is 6.92 Å². The summed E-state index contributed by atoms with van der Waals surface area (Å²) in [6, 6.07) is 13.8. The number of rotatable bonds is 6. The Morgan fingerprint density at radius 3 is 2.32 bits per heavy atom. The van der Waals surface area contributed by atoms with E-state index in [1.165, 1.54) is 7.11 Å². The van der Waals surface area contributed by atoms with Gasteiger partial charge in [0.1, 0.15) is 16.4 Å². The van der Waals surface area contributed by atoms with E-state index in [0.717, 1.165) is 11.3 Å². The van der Waals surface area contributed by atoms with Crippen LogP contribution < -0.4 is 20.1 Å². The van der Waals surface area contributed by atoms with Gasteiger partial charge in [-0.15, -0.1) is 0 Å². The van der Waals surface area contributed by atoms with Crippen molar-refractivity contribution in [3.63, 3.8) is 0 Å². The summed E-state index contributed by atoms with van der Waals surface area (Å²) in [5, 5.41) is 5.88. The number of carbonyl (C=O) groups is 2. The second-order valence-corrected chi connectivity index (χ2v) is 6.80. The molecule has 0 radical (unpaired) electrons. The summed E-state index contributed by atoms with van der Waals surface area (Å²) in [6.45, 7) is 1.72. The van der Waals surface area contributed by atoms with Gasteiger partial charge in [0, 0.05) is 11.3 Å². The van der Waals surface area contributed by atoms with Crippen LogP contribution >= 0.6 is 11.3 Å². The zero-order valence-corrected chi connectivity index (χ0v) is 16.4. The summed E-state index contributed by atoms with van der Waals surface area (Å²) in [5.41, 5.74) is 1.62. The molecule has 8 heteroatoms. The van der Waals surface area contributed by atoms with Gasteiger partial charge in [-0.3, -0.25) is 14.9 Å². The van der Waals surface area contributed by atoms with Gasteiger partial charge in [0.25, 0.3) is 11.8 Å². The summed E-state index contributed by atoms with van der Waals surface area (Å²) in [4.78, 5) is 29.7. The van der Waals surface area contributed by atoms with Crippen molar-refractivity contribution in [3.05, 3.63) is 64.7 Å². The molecule has 1 aromatic heterocycles. The van der Waals surface area contributed by atoms with Crippen LogP contribution in [0.5, 0.6) is 11.5 Å². The number of anilines is 2. The van der Waals surface area contributed by atoms with E-state index < -0.39 is 0 Å². The lowest BCUT2D eigenvalue weighted by Gasteiger charge is -2.05. The minimum absolute atomic E-state index is 0.290. The van der Waals surface area contributed by atoms with Crippen molar-refractivity contribution in [1.29, 1.82) is 0 Å². The third-order valence-corrected chi connectivity index (χ3v) is 4.97. The molecule has 2 aromatic carbocycles. The molecular formula is C20H19N3O4S. The van der Waals surface area contributed by atoms with E-state index in [4.69, 9.17) is 9.47 Å². The van der Waals surface area contributed by atoms with Crippen LogP contribution in [-0.2, 0) is 0 Å². The number of aromatic nitrogens is 1. The van der Waals surface area contributed by atoms with Crippen LogP contribution in [0.4, 0.5) is 10.8 Å². The standard InChI is InChI=1S/C20H19N3O4S/c1-12-17(19(25)22-14-7-9-15(26-2)10-8-14)28-20(21-12)23-18(24)13-5-4-6-16(11-13)27-3/h4-11H,1-3H3,(H,22,25)(H,21,23,24). The largest absolute Gasteiger partial charge is 0.497 e. The van der Waals surface area contributed by atoms with E-state index in [0.29, 0.717) is 38.5 Å². The van der Waals surface area contributed by atoms with E-state index in [2.05, 4.69) is 15.6 Å². The van der Waals surface area contributed by atoms with Gasteiger partial charge in [-0.2, -0.15) is 0 Å². The van der Waals surface area contributed by atoms with Crippen molar-refractivity contribution < 1.29 is 19.1 Å². The Bertz CT molecular complexity index is 999. The highest BCUT2D eigenvalue weighted by molar-refractivity contribution is 7.17. The van der Waals surface area contributed by atoms with Gasteiger partial charge in [-0.1, -0.05) is 17.4 Å². The van der Waals surface area contributed by atoms with Crippen molar-refractivity contribution in [2.75, 3.05) is 24.9 Å². The fraction of sp³-hybridized carbons (Fsp3) is 0.150. The van der Waals surface area contributed by atoms with Gasteiger partial charge < -0.3 is 14.8 Å². The molecule has 0 atom stereocenters. The maximum Gasteiger partial charge on any atom is 0.267 e. The highest BCUT2D eigenvalue weighted by Gasteiger charge is 2.17. The normalized spacial score (nSPS) is 10.2.